The van der Waals surface area contributed by atoms with Gasteiger partial charge in [0.25, 0.3) is 5.91 Å². The van der Waals surface area contributed by atoms with Gasteiger partial charge in [-0.3, -0.25) is 4.79 Å². The molecule has 0 radical (unpaired) electrons. The molecule has 7 heteroatoms. The van der Waals surface area contributed by atoms with Gasteiger partial charge in [0.1, 0.15) is 11.6 Å². The van der Waals surface area contributed by atoms with Crippen LogP contribution in [0.4, 0.5) is 20.2 Å². The first-order valence-corrected chi connectivity index (χ1v) is 6.56. The van der Waals surface area contributed by atoms with Gasteiger partial charge >= 0.3 is 0 Å². The van der Waals surface area contributed by atoms with Crippen LogP contribution < -0.4 is 11.1 Å². The fourth-order valence-corrected chi connectivity index (χ4v) is 2.19. The minimum Gasteiger partial charge on any atom is -0.396 e. The molecule has 3 nitrogen and oxygen atoms in total. The second-order valence-electron chi connectivity index (χ2n) is 3.94. The summed E-state index contributed by atoms with van der Waals surface area (Å²) in [5, 5.41) is 2.41. The van der Waals surface area contributed by atoms with Gasteiger partial charge < -0.3 is 11.1 Å². The first kappa shape index (κ1) is 14.7. The maximum Gasteiger partial charge on any atom is 0.256 e. The fourth-order valence-electron chi connectivity index (χ4n) is 1.51. The molecule has 2 aromatic carbocycles. The third-order valence-corrected chi connectivity index (χ3v) is 3.45. The molecular formula is C13H8BrClF2N2O. The summed E-state index contributed by atoms with van der Waals surface area (Å²) < 4.78 is 26.5. The Morgan fingerprint density at radius 2 is 1.90 bits per heavy atom. The maximum atomic E-state index is 13.2. The average Bonchev–Trinajstić information content (AvgIpc) is 2.38. The number of benzene rings is 2. The summed E-state index contributed by atoms with van der Waals surface area (Å²) in [4.78, 5) is 12.0. The van der Waals surface area contributed by atoms with Crippen LogP contribution >= 0.6 is 27.5 Å². The Bertz CT molecular complexity index is 694. The molecule has 0 unspecified atom stereocenters. The van der Waals surface area contributed by atoms with E-state index >= 15 is 0 Å². The first-order valence-electron chi connectivity index (χ1n) is 5.39. The van der Waals surface area contributed by atoms with Crippen LogP contribution in [0.2, 0.25) is 5.02 Å². The maximum absolute atomic E-state index is 13.2. The van der Waals surface area contributed by atoms with E-state index in [1.807, 2.05) is 0 Å². The molecule has 0 saturated carbocycles. The van der Waals surface area contributed by atoms with E-state index in [9.17, 15) is 13.6 Å². The van der Waals surface area contributed by atoms with Gasteiger partial charge in [0, 0.05) is 10.2 Å². The Morgan fingerprint density at radius 3 is 2.55 bits per heavy atom. The van der Waals surface area contributed by atoms with Crippen molar-refractivity contribution in [3.8, 4) is 0 Å². The zero-order valence-corrected chi connectivity index (χ0v) is 12.2. The molecule has 3 N–H and O–H groups in total. The monoisotopic (exact) mass is 360 g/mol. The number of halogens is 4. The van der Waals surface area contributed by atoms with Gasteiger partial charge in [0.05, 0.1) is 16.3 Å². The lowest BCUT2D eigenvalue weighted by Gasteiger charge is -2.09. The zero-order chi connectivity index (χ0) is 14.9. The summed E-state index contributed by atoms with van der Waals surface area (Å²) in [5.74, 6) is -1.73. The number of rotatable bonds is 2. The average molecular weight is 362 g/mol. The molecule has 0 bridgehead atoms. The molecule has 0 aromatic heterocycles. The minimum absolute atomic E-state index is 0.111. The van der Waals surface area contributed by atoms with E-state index in [1.165, 1.54) is 18.2 Å². The highest BCUT2D eigenvalue weighted by atomic mass is 79.9. The van der Waals surface area contributed by atoms with Crippen LogP contribution in [0.5, 0.6) is 0 Å². The topological polar surface area (TPSA) is 55.1 Å². The van der Waals surface area contributed by atoms with Crippen LogP contribution in [0.25, 0.3) is 0 Å². The van der Waals surface area contributed by atoms with Gasteiger partial charge in [-0.15, -0.1) is 0 Å². The lowest BCUT2D eigenvalue weighted by atomic mass is 10.1. The number of hydrogen-bond donors (Lipinski definition) is 2. The number of carbonyl (C=O) groups is 1. The van der Waals surface area contributed by atoms with Crippen LogP contribution in [-0.2, 0) is 0 Å². The molecule has 2 rings (SSSR count). The van der Waals surface area contributed by atoms with Crippen molar-refractivity contribution in [3.63, 3.8) is 0 Å². The lowest BCUT2D eigenvalue weighted by molar-refractivity contribution is 0.102. The molecule has 0 heterocycles. The van der Waals surface area contributed by atoms with E-state index in [-0.39, 0.29) is 20.7 Å². The van der Waals surface area contributed by atoms with Gasteiger partial charge in [-0.2, -0.15) is 0 Å². The Kier molecular flexibility index (Phi) is 4.25. The van der Waals surface area contributed by atoms with Crippen LogP contribution in [0.3, 0.4) is 0 Å². The van der Waals surface area contributed by atoms with E-state index in [0.29, 0.717) is 5.69 Å². The van der Waals surface area contributed by atoms with Crippen molar-refractivity contribution in [1.29, 1.82) is 0 Å². The smallest absolute Gasteiger partial charge is 0.256 e. The number of nitrogens with one attached hydrogen (secondary N) is 1. The quantitative estimate of drug-likeness (QED) is 0.787. The molecule has 2 aromatic rings. The predicted molar refractivity (Wildman–Crippen MR) is 77.9 cm³/mol. The van der Waals surface area contributed by atoms with E-state index in [0.717, 1.165) is 12.1 Å². The molecule has 0 fully saturated rings. The van der Waals surface area contributed by atoms with E-state index in [2.05, 4.69) is 21.2 Å². The first-order chi connectivity index (χ1) is 9.38. The molecule has 0 aliphatic rings. The molecule has 0 spiro atoms. The second-order valence-corrected chi connectivity index (χ2v) is 5.20. The molecule has 0 aliphatic carbocycles. The fraction of sp³-hybridized carbons (Fsp3) is 0. The Hall–Kier alpha value is -1.66. The van der Waals surface area contributed by atoms with E-state index < -0.39 is 17.5 Å². The molecule has 1 amide bonds. The summed E-state index contributed by atoms with van der Waals surface area (Å²) in [6.45, 7) is 0. The lowest BCUT2D eigenvalue weighted by Crippen LogP contribution is -2.13. The van der Waals surface area contributed by atoms with Crippen LogP contribution in [0.1, 0.15) is 10.4 Å². The van der Waals surface area contributed by atoms with Crippen molar-refractivity contribution in [2.75, 3.05) is 11.1 Å². The highest BCUT2D eigenvalue weighted by molar-refractivity contribution is 9.10. The molecule has 104 valence electrons. The van der Waals surface area contributed by atoms with Gasteiger partial charge in [-0.25, -0.2) is 8.78 Å². The van der Waals surface area contributed by atoms with Crippen molar-refractivity contribution in [3.05, 3.63) is 57.0 Å². The second kappa shape index (κ2) is 5.76. The van der Waals surface area contributed by atoms with Crippen molar-refractivity contribution in [2.45, 2.75) is 0 Å². The van der Waals surface area contributed by atoms with Crippen molar-refractivity contribution in [1.82, 2.24) is 0 Å². The number of nitrogens with two attached hydrogens (primary N) is 1. The third-order valence-electron chi connectivity index (χ3n) is 2.51. The number of amides is 1. The summed E-state index contributed by atoms with van der Waals surface area (Å²) in [6, 6.07) is 6.07. The number of anilines is 2. The van der Waals surface area contributed by atoms with Gasteiger partial charge in [-0.1, -0.05) is 11.6 Å². The van der Waals surface area contributed by atoms with Gasteiger partial charge in [0.2, 0.25) is 0 Å². The number of carbonyl (C=O) groups excluding carboxylic acids is 1. The normalized spacial score (nSPS) is 10.4. The number of nitrogen functional groups attached to an aromatic ring is 1. The summed E-state index contributed by atoms with van der Waals surface area (Å²) in [5.41, 5.74) is 5.75. The van der Waals surface area contributed by atoms with Crippen molar-refractivity contribution < 1.29 is 13.6 Å². The van der Waals surface area contributed by atoms with Gasteiger partial charge in [0.15, 0.2) is 0 Å². The predicted octanol–water partition coefficient (Wildman–Crippen LogP) is 4.22. The molecule has 0 aliphatic heterocycles. The third kappa shape index (κ3) is 3.08. The summed E-state index contributed by atoms with van der Waals surface area (Å²) >= 11 is 8.69. The minimum atomic E-state index is -0.627. The molecule has 0 atom stereocenters. The largest absolute Gasteiger partial charge is 0.396 e. The van der Waals surface area contributed by atoms with E-state index in [4.69, 9.17) is 17.3 Å². The molecular weight excluding hydrogens is 354 g/mol. The molecule has 0 saturated heterocycles. The Morgan fingerprint density at radius 1 is 1.20 bits per heavy atom. The van der Waals surface area contributed by atoms with Crippen molar-refractivity contribution >= 4 is 44.8 Å². The summed E-state index contributed by atoms with van der Waals surface area (Å²) in [7, 11) is 0. The van der Waals surface area contributed by atoms with Crippen LogP contribution in [-0.4, -0.2) is 5.91 Å². The highest BCUT2D eigenvalue weighted by Gasteiger charge is 2.14. The number of hydrogen-bond acceptors (Lipinski definition) is 2. The van der Waals surface area contributed by atoms with Gasteiger partial charge in [-0.05, 0) is 46.3 Å². The van der Waals surface area contributed by atoms with Crippen LogP contribution in [0, 0.1) is 11.6 Å². The Balaban J connectivity index is 2.28. The SMILES string of the molecule is Nc1cc(C(=O)Nc2ccc(F)c(Cl)c2)c(Br)cc1F. The van der Waals surface area contributed by atoms with Crippen LogP contribution in [0.15, 0.2) is 34.8 Å². The molecule has 20 heavy (non-hydrogen) atoms. The van der Waals surface area contributed by atoms with Crippen molar-refractivity contribution in [2.24, 2.45) is 0 Å². The Labute approximate surface area is 126 Å². The zero-order valence-electron chi connectivity index (χ0n) is 9.88. The van der Waals surface area contributed by atoms with E-state index in [1.54, 1.807) is 0 Å². The standard InChI is InChI=1S/C13H8BrClF2N2O/c14-8-5-11(17)12(18)4-7(8)13(20)19-6-1-2-10(16)9(15)3-6/h1-5H,18H2,(H,19,20). The summed E-state index contributed by atoms with van der Waals surface area (Å²) in [6.07, 6.45) is 0. The highest BCUT2D eigenvalue weighted by Crippen LogP contribution is 2.25.